The number of aliphatic imine (C=N–C) groups is 1. The lowest BCUT2D eigenvalue weighted by atomic mass is 9.94. The maximum absolute atomic E-state index is 5.90. The van der Waals surface area contributed by atoms with Crippen molar-refractivity contribution in [3.63, 3.8) is 0 Å². The van der Waals surface area contributed by atoms with Crippen LogP contribution in [0.25, 0.3) is 0 Å². The van der Waals surface area contributed by atoms with Crippen molar-refractivity contribution >= 4 is 11.6 Å². The van der Waals surface area contributed by atoms with Crippen LogP contribution in [0.2, 0.25) is 0 Å². The molecule has 0 amide bonds. The van der Waals surface area contributed by atoms with Gasteiger partial charge in [0.05, 0.1) is 6.54 Å². The van der Waals surface area contributed by atoms with Crippen LogP contribution in [0.15, 0.2) is 29.3 Å². The lowest BCUT2D eigenvalue weighted by Gasteiger charge is -2.33. The number of hydrogen-bond acceptors (Lipinski definition) is 2. The SMILES string of the molecule is CCC(C)NC(N)=NCc1ccc(N(C)C2CCCCC2)cc1. The summed E-state index contributed by atoms with van der Waals surface area (Å²) in [5.74, 6) is 0.530. The molecule has 0 saturated heterocycles. The number of hydrogen-bond donors (Lipinski definition) is 2. The summed E-state index contributed by atoms with van der Waals surface area (Å²) < 4.78 is 0. The molecule has 0 heterocycles. The molecule has 23 heavy (non-hydrogen) atoms. The van der Waals surface area contributed by atoms with Crippen LogP contribution in [0.5, 0.6) is 0 Å². The van der Waals surface area contributed by atoms with Crippen LogP contribution in [0.3, 0.4) is 0 Å². The van der Waals surface area contributed by atoms with Gasteiger partial charge < -0.3 is 16.0 Å². The van der Waals surface area contributed by atoms with Crippen molar-refractivity contribution < 1.29 is 0 Å². The second-order valence-corrected chi connectivity index (χ2v) is 6.72. The highest BCUT2D eigenvalue weighted by molar-refractivity contribution is 5.78. The minimum atomic E-state index is 0.366. The molecular formula is C19H32N4. The van der Waals surface area contributed by atoms with Crippen molar-refractivity contribution in [3.8, 4) is 0 Å². The van der Waals surface area contributed by atoms with Gasteiger partial charge in [-0.05, 0) is 43.9 Å². The van der Waals surface area contributed by atoms with Gasteiger partial charge in [0.25, 0.3) is 0 Å². The summed E-state index contributed by atoms with van der Waals surface area (Å²) >= 11 is 0. The Kier molecular flexibility index (Phi) is 6.75. The standard InChI is InChI=1S/C19H32N4/c1-4-15(2)22-19(20)21-14-16-10-12-18(13-11-16)23(3)17-8-6-5-7-9-17/h10-13,15,17H,4-9,14H2,1-3H3,(H3,20,21,22). The molecule has 0 aliphatic heterocycles. The first-order valence-corrected chi connectivity index (χ1v) is 8.98. The van der Waals surface area contributed by atoms with E-state index >= 15 is 0 Å². The minimum Gasteiger partial charge on any atom is -0.372 e. The summed E-state index contributed by atoms with van der Waals surface area (Å²) in [7, 11) is 2.22. The average Bonchev–Trinajstić information content (AvgIpc) is 2.60. The van der Waals surface area contributed by atoms with E-state index in [1.165, 1.54) is 43.4 Å². The first-order valence-electron chi connectivity index (χ1n) is 8.98. The van der Waals surface area contributed by atoms with E-state index in [1.54, 1.807) is 0 Å². The first kappa shape index (κ1) is 17.6. The molecule has 4 heteroatoms. The number of guanidine groups is 1. The van der Waals surface area contributed by atoms with Crippen LogP contribution in [-0.4, -0.2) is 25.1 Å². The Morgan fingerprint density at radius 3 is 2.52 bits per heavy atom. The van der Waals surface area contributed by atoms with Crippen LogP contribution < -0.4 is 16.0 Å². The Balaban J connectivity index is 1.90. The highest BCUT2D eigenvalue weighted by atomic mass is 15.1. The molecule has 2 rings (SSSR count). The number of nitrogens with zero attached hydrogens (tertiary/aromatic N) is 2. The van der Waals surface area contributed by atoms with Crippen LogP contribution in [0.4, 0.5) is 5.69 Å². The summed E-state index contributed by atoms with van der Waals surface area (Å²) in [6, 6.07) is 9.80. The topological polar surface area (TPSA) is 53.6 Å². The molecule has 1 aliphatic carbocycles. The largest absolute Gasteiger partial charge is 0.372 e. The van der Waals surface area contributed by atoms with Gasteiger partial charge in [0.15, 0.2) is 5.96 Å². The smallest absolute Gasteiger partial charge is 0.189 e. The van der Waals surface area contributed by atoms with Crippen LogP contribution in [0, 0.1) is 0 Å². The van der Waals surface area contributed by atoms with Gasteiger partial charge in [0.1, 0.15) is 0 Å². The summed E-state index contributed by atoms with van der Waals surface area (Å²) in [5.41, 5.74) is 8.40. The molecule has 1 atom stereocenters. The lowest BCUT2D eigenvalue weighted by molar-refractivity contribution is 0.427. The monoisotopic (exact) mass is 316 g/mol. The van der Waals surface area contributed by atoms with E-state index in [0.29, 0.717) is 24.6 Å². The molecule has 0 bridgehead atoms. The third kappa shape index (κ3) is 5.45. The maximum Gasteiger partial charge on any atom is 0.189 e. The highest BCUT2D eigenvalue weighted by Crippen LogP contribution is 2.26. The van der Waals surface area contributed by atoms with Crippen molar-refractivity contribution in [2.45, 2.75) is 71.0 Å². The molecule has 0 spiro atoms. The summed E-state index contributed by atoms with van der Waals surface area (Å²) in [6.45, 7) is 4.87. The quantitative estimate of drug-likeness (QED) is 0.622. The zero-order chi connectivity index (χ0) is 16.7. The molecule has 1 fully saturated rings. The Hall–Kier alpha value is -1.71. The fourth-order valence-electron chi connectivity index (χ4n) is 3.09. The molecule has 0 radical (unpaired) electrons. The Morgan fingerprint density at radius 2 is 1.91 bits per heavy atom. The zero-order valence-corrected chi connectivity index (χ0v) is 14.9. The van der Waals surface area contributed by atoms with E-state index in [0.717, 1.165) is 6.42 Å². The van der Waals surface area contributed by atoms with E-state index in [1.807, 2.05) is 0 Å². The van der Waals surface area contributed by atoms with Gasteiger partial charge in [-0.15, -0.1) is 0 Å². The van der Waals surface area contributed by atoms with E-state index in [4.69, 9.17) is 5.73 Å². The second kappa shape index (κ2) is 8.80. The fraction of sp³-hybridized carbons (Fsp3) is 0.632. The first-order chi connectivity index (χ1) is 11.1. The summed E-state index contributed by atoms with van der Waals surface area (Å²) in [4.78, 5) is 6.85. The molecule has 4 nitrogen and oxygen atoms in total. The Morgan fingerprint density at radius 1 is 1.26 bits per heavy atom. The van der Waals surface area contributed by atoms with Crippen LogP contribution >= 0.6 is 0 Å². The number of nitrogens with one attached hydrogen (secondary N) is 1. The van der Waals surface area contributed by atoms with E-state index in [2.05, 4.69) is 60.4 Å². The van der Waals surface area contributed by atoms with E-state index in [-0.39, 0.29) is 0 Å². The molecule has 1 saturated carbocycles. The van der Waals surface area contributed by atoms with Gasteiger partial charge in [0.2, 0.25) is 0 Å². The molecule has 128 valence electrons. The minimum absolute atomic E-state index is 0.366. The molecular weight excluding hydrogens is 284 g/mol. The van der Waals surface area contributed by atoms with E-state index in [9.17, 15) is 0 Å². The van der Waals surface area contributed by atoms with Crippen molar-refractivity contribution in [1.82, 2.24) is 5.32 Å². The van der Waals surface area contributed by atoms with Gasteiger partial charge >= 0.3 is 0 Å². The van der Waals surface area contributed by atoms with Gasteiger partial charge in [-0.3, -0.25) is 0 Å². The molecule has 1 unspecified atom stereocenters. The number of anilines is 1. The summed E-state index contributed by atoms with van der Waals surface area (Å²) in [6.07, 6.45) is 7.81. The number of nitrogens with two attached hydrogens (primary N) is 1. The maximum atomic E-state index is 5.90. The van der Waals surface area contributed by atoms with Gasteiger partial charge in [-0.1, -0.05) is 38.3 Å². The molecule has 1 aromatic carbocycles. The molecule has 1 aliphatic rings. The van der Waals surface area contributed by atoms with Crippen molar-refractivity contribution in [1.29, 1.82) is 0 Å². The van der Waals surface area contributed by atoms with Crippen molar-refractivity contribution in [2.24, 2.45) is 10.7 Å². The highest BCUT2D eigenvalue weighted by Gasteiger charge is 2.18. The lowest BCUT2D eigenvalue weighted by Crippen LogP contribution is -2.38. The third-order valence-electron chi connectivity index (χ3n) is 4.90. The van der Waals surface area contributed by atoms with Crippen LogP contribution in [0.1, 0.15) is 57.9 Å². The molecule has 1 aromatic rings. The normalized spacial score (nSPS) is 17.8. The number of rotatable bonds is 6. The average molecular weight is 316 g/mol. The summed E-state index contributed by atoms with van der Waals surface area (Å²) in [5, 5.41) is 3.19. The fourth-order valence-corrected chi connectivity index (χ4v) is 3.09. The van der Waals surface area contributed by atoms with Crippen molar-refractivity contribution in [3.05, 3.63) is 29.8 Å². The van der Waals surface area contributed by atoms with Gasteiger partial charge in [-0.2, -0.15) is 0 Å². The molecule has 0 aromatic heterocycles. The second-order valence-electron chi connectivity index (χ2n) is 6.72. The van der Waals surface area contributed by atoms with Gasteiger partial charge in [-0.25, -0.2) is 4.99 Å². The van der Waals surface area contributed by atoms with E-state index < -0.39 is 0 Å². The predicted octanol–water partition coefficient (Wildman–Crippen LogP) is 3.66. The van der Waals surface area contributed by atoms with Gasteiger partial charge in [0, 0.05) is 24.8 Å². The third-order valence-corrected chi connectivity index (χ3v) is 4.90. The predicted molar refractivity (Wildman–Crippen MR) is 99.9 cm³/mol. The zero-order valence-electron chi connectivity index (χ0n) is 14.9. The Bertz CT molecular complexity index is 489. The number of benzene rings is 1. The van der Waals surface area contributed by atoms with Crippen LogP contribution in [-0.2, 0) is 6.54 Å². The molecule has 3 N–H and O–H groups in total. The van der Waals surface area contributed by atoms with Crippen molar-refractivity contribution in [2.75, 3.05) is 11.9 Å². The Labute approximate surface area is 141 Å².